The molecule has 1 unspecified atom stereocenters. The first-order chi connectivity index (χ1) is 13.4. The third kappa shape index (κ3) is 4.95. The van der Waals surface area contributed by atoms with Crippen LogP contribution in [0.4, 0.5) is 10.1 Å². The lowest BCUT2D eigenvalue weighted by atomic mass is 9.92. The molecule has 152 valence electrons. The van der Waals surface area contributed by atoms with E-state index >= 15 is 0 Å². The van der Waals surface area contributed by atoms with Crippen LogP contribution in [0.3, 0.4) is 0 Å². The molecule has 2 amide bonds. The molecule has 1 spiro atoms. The van der Waals surface area contributed by atoms with Gasteiger partial charge in [-0.15, -0.1) is 0 Å². The summed E-state index contributed by atoms with van der Waals surface area (Å²) in [4.78, 5) is 39.3. The molecule has 3 rings (SSSR count). The first kappa shape index (κ1) is 20.5. The van der Waals surface area contributed by atoms with Crippen LogP contribution >= 0.6 is 0 Å². The van der Waals surface area contributed by atoms with Crippen molar-refractivity contribution in [1.29, 1.82) is 0 Å². The maximum atomic E-state index is 13.6. The fourth-order valence-electron chi connectivity index (χ4n) is 3.96. The molecule has 0 aromatic heterocycles. The molecule has 2 saturated heterocycles. The van der Waals surface area contributed by atoms with Crippen molar-refractivity contribution in [3.63, 3.8) is 0 Å². The summed E-state index contributed by atoms with van der Waals surface area (Å²) in [6, 6.07) is 6.03. The molecule has 0 aliphatic carbocycles. The Bertz CT molecular complexity index is 754. The number of ketones is 1. The van der Waals surface area contributed by atoms with Gasteiger partial charge in [-0.1, -0.05) is 6.07 Å². The van der Waals surface area contributed by atoms with Gasteiger partial charge in [0.2, 0.25) is 5.91 Å². The van der Waals surface area contributed by atoms with Gasteiger partial charge in [0, 0.05) is 31.6 Å². The summed E-state index contributed by atoms with van der Waals surface area (Å²) in [7, 11) is 0. The van der Waals surface area contributed by atoms with Crippen LogP contribution in [0.2, 0.25) is 0 Å². The number of carbonyl (C=O) groups is 3. The summed E-state index contributed by atoms with van der Waals surface area (Å²) in [6.45, 7) is 3.07. The van der Waals surface area contributed by atoms with E-state index in [1.807, 2.05) is 4.90 Å². The fraction of sp³-hybridized carbons (Fsp3) is 0.571. The van der Waals surface area contributed by atoms with Gasteiger partial charge >= 0.3 is 0 Å². The van der Waals surface area contributed by atoms with Gasteiger partial charge in [0.25, 0.3) is 5.91 Å². The molecule has 0 radical (unpaired) electrons. The van der Waals surface area contributed by atoms with Crippen LogP contribution in [0.15, 0.2) is 24.3 Å². The zero-order valence-electron chi connectivity index (χ0n) is 16.3. The number of carbonyl (C=O) groups excluding carboxylic acids is 3. The van der Waals surface area contributed by atoms with Crippen LogP contribution in [0.25, 0.3) is 0 Å². The summed E-state index contributed by atoms with van der Waals surface area (Å²) in [6.07, 6.45) is 3.53. The second-order valence-corrected chi connectivity index (χ2v) is 7.72. The number of benzene rings is 1. The average molecular weight is 390 g/mol. The Morgan fingerprint density at radius 3 is 2.79 bits per heavy atom. The van der Waals surface area contributed by atoms with E-state index in [1.165, 1.54) is 19.1 Å². The molecule has 0 bridgehead atoms. The van der Waals surface area contributed by atoms with Crippen LogP contribution in [-0.2, 0) is 19.1 Å². The Kier molecular flexibility index (Phi) is 6.44. The van der Waals surface area contributed by atoms with Crippen LogP contribution in [0.1, 0.15) is 45.4 Å². The zero-order chi connectivity index (χ0) is 20.1. The van der Waals surface area contributed by atoms with E-state index in [0.29, 0.717) is 51.0 Å². The molecule has 2 aliphatic heterocycles. The zero-order valence-corrected chi connectivity index (χ0v) is 16.3. The molecular formula is C21H27FN2O4. The van der Waals surface area contributed by atoms with Gasteiger partial charge in [0.15, 0.2) is 0 Å². The molecule has 2 heterocycles. The predicted octanol–water partition coefficient (Wildman–Crippen LogP) is 2.70. The van der Waals surface area contributed by atoms with Crippen LogP contribution in [0.5, 0.6) is 0 Å². The SMILES string of the molecule is CC(=O)CCCC(=O)N1CCCC2(CC1)CN(c1cccc(F)c1)C(=O)CO2. The number of amides is 2. The molecule has 1 aromatic rings. The number of nitrogens with zero attached hydrogens (tertiary/aromatic N) is 2. The molecule has 0 saturated carbocycles. The highest BCUT2D eigenvalue weighted by Gasteiger charge is 2.41. The Hall–Kier alpha value is -2.28. The molecule has 2 fully saturated rings. The quantitative estimate of drug-likeness (QED) is 0.775. The smallest absolute Gasteiger partial charge is 0.253 e. The van der Waals surface area contributed by atoms with Crippen LogP contribution in [0, 0.1) is 5.82 Å². The number of morpholine rings is 1. The van der Waals surface area contributed by atoms with Gasteiger partial charge in [-0.05, 0) is 50.8 Å². The Balaban J connectivity index is 1.64. The summed E-state index contributed by atoms with van der Waals surface area (Å²) in [5.41, 5.74) is 0.0170. The van der Waals surface area contributed by atoms with Crippen molar-refractivity contribution >= 4 is 23.3 Å². The highest BCUT2D eigenvalue weighted by Crippen LogP contribution is 2.33. The van der Waals surface area contributed by atoms with Gasteiger partial charge in [-0.25, -0.2) is 4.39 Å². The third-order valence-corrected chi connectivity index (χ3v) is 5.54. The molecular weight excluding hydrogens is 363 g/mol. The molecule has 6 nitrogen and oxygen atoms in total. The van der Waals surface area contributed by atoms with Crippen molar-refractivity contribution in [1.82, 2.24) is 4.90 Å². The van der Waals surface area contributed by atoms with E-state index in [2.05, 4.69) is 0 Å². The number of ether oxygens (including phenoxy) is 1. The lowest BCUT2D eigenvalue weighted by Crippen LogP contribution is -2.55. The number of likely N-dealkylation sites (tertiary alicyclic amines) is 1. The minimum Gasteiger partial charge on any atom is -0.363 e. The number of anilines is 1. The number of rotatable bonds is 5. The van der Waals surface area contributed by atoms with Crippen LogP contribution in [-0.4, -0.2) is 54.3 Å². The van der Waals surface area contributed by atoms with Crippen molar-refractivity contribution in [3.8, 4) is 0 Å². The Morgan fingerprint density at radius 2 is 2.04 bits per heavy atom. The summed E-state index contributed by atoms with van der Waals surface area (Å²) >= 11 is 0. The number of hydrogen-bond acceptors (Lipinski definition) is 4. The molecule has 7 heteroatoms. The number of Topliss-reactive ketones (excluding diaryl/α,β-unsaturated/α-hetero) is 1. The number of hydrogen-bond donors (Lipinski definition) is 0. The maximum Gasteiger partial charge on any atom is 0.253 e. The minimum atomic E-state index is -0.519. The van der Waals surface area contributed by atoms with E-state index < -0.39 is 5.60 Å². The van der Waals surface area contributed by atoms with E-state index in [9.17, 15) is 18.8 Å². The van der Waals surface area contributed by atoms with Gasteiger partial charge < -0.3 is 19.3 Å². The second kappa shape index (κ2) is 8.82. The predicted molar refractivity (Wildman–Crippen MR) is 102 cm³/mol. The van der Waals surface area contributed by atoms with E-state index in [0.717, 1.165) is 12.8 Å². The van der Waals surface area contributed by atoms with Crippen molar-refractivity contribution in [2.24, 2.45) is 0 Å². The lowest BCUT2D eigenvalue weighted by molar-refractivity contribution is -0.141. The first-order valence-electron chi connectivity index (χ1n) is 9.86. The van der Waals surface area contributed by atoms with E-state index in [-0.39, 0.29) is 30.0 Å². The molecule has 1 atom stereocenters. The topological polar surface area (TPSA) is 66.9 Å². The first-order valence-corrected chi connectivity index (χ1v) is 9.86. The highest BCUT2D eigenvalue weighted by atomic mass is 19.1. The summed E-state index contributed by atoms with van der Waals surface area (Å²) < 4.78 is 19.6. The van der Waals surface area contributed by atoms with Gasteiger partial charge in [0.05, 0.1) is 12.1 Å². The van der Waals surface area contributed by atoms with Gasteiger partial charge in [-0.3, -0.25) is 9.59 Å². The van der Waals surface area contributed by atoms with Crippen molar-refractivity contribution in [2.75, 3.05) is 31.1 Å². The van der Waals surface area contributed by atoms with E-state index in [4.69, 9.17) is 4.74 Å². The lowest BCUT2D eigenvalue weighted by Gasteiger charge is -2.42. The van der Waals surface area contributed by atoms with Gasteiger partial charge in [0.1, 0.15) is 18.2 Å². The molecule has 28 heavy (non-hydrogen) atoms. The largest absolute Gasteiger partial charge is 0.363 e. The molecule has 1 aromatic carbocycles. The van der Waals surface area contributed by atoms with Crippen molar-refractivity contribution in [2.45, 2.75) is 51.0 Å². The third-order valence-electron chi connectivity index (χ3n) is 5.54. The Morgan fingerprint density at radius 1 is 1.21 bits per heavy atom. The van der Waals surface area contributed by atoms with Gasteiger partial charge in [-0.2, -0.15) is 0 Å². The maximum absolute atomic E-state index is 13.6. The van der Waals surface area contributed by atoms with Crippen molar-refractivity contribution in [3.05, 3.63) is 30.1 Å². The number of halogens is 1. The summed E-state index contributed by atoms with van der Waals surface area (Å²) in [5, 5.41) is 0. The minimum absolute atomic E-state index is 0.0386. The average Bonchev–Trinajstić information content (AvgIpc) is 2.86. The van der Waals surface area contributed by atoms with E-state index in [1.54, 1.807) is 17.0 Å². The van der Waals surface area contributed by atoms with Crippen molar-refractivity contribution < 1.29 is 23.5 Å². The second-order valence-electron chi connectivity index (χ2n) is 7.72. The monoisotopic (exact) mass is 390 g/mol. The summed E-state index contributed by atoms with van der Waals surface area (Å²) in [5.74, 6) is -0.404. The van der Waals surface area contributed by atoms with Crippen LogP contribution < -0.4 is 4.90 Å². The normalized spacial score (nSPS) is 23.0. The standard InChI is InChI=1S/C21H27FN2O4/c1-16(25)5-2-8-19(26)23-11-4-9-21(10-12-23)15-24(20(27)14-28-21)18-7-3-6-17(22)13-18/h3,6-7,13H,2,4-5,8-12,14-15H2,1H3. The fourth-order valence-corrected chi connectivity index (χ4v) is 3.96. The molecule has 2 aliphatic rings. The Labute approximate surface area is 164 Å². The molecule has 0 N–H and O–H groups in total. The highest BCUT2D eigenvalue weighted by molar-refractivity contribution is 5.95.